The average molecular weight is 489 g/mol. The maximum Gasteiger partial charge on any atom is 0.294 e. The van der Waals surface area contributed by atoms with Gasteiger partial charge in [-0.3, -0.25) is 14.4 Å². The first kappa shape index (κ1) is 24.3. The van der Waals surface area contributed by atoms with Crippen molar-refractivity contribution in [3.05, 3.63) is 104 Å². The molecule has 2 aromatic carbocycles. The van der Waals surface area contributed by atoms with Gasteiger partial charge in [0.1, 0.15) is 5.82 Å². The van der Waals surface area contributed by atoms with Crippen LogP contribution in [0.1, 0.15) is 21.6 Å². The maximum absolute atomic E-state index is 12.9. The molecular formula is C26H24N4O6. The van der Waals surface area contributed by atoms with Gasteiger partial charge in [0.25, 0.3) is 17.0 Å². The van der Waals surface area contributed by atoms with Gasteiger partial charge in [0, 0.05) is 29.9 Å². The van der Waals surface area contributed by atoms with Crippen LogP contribution in [-0.2, 0) is 13.1 Å². The van der Waals surface area contributed by atoms with Crippen LogP contribution in [0.2, 0.25) is 0 Å². The van der Waals surface area contributed by atoms with E-state index in [1.165, 1.54) is 24.9 Å². The lowest BCUT2D eigenvalue weighted by Gasteiger charge is -2.13. The first-order valence-corrected chi connectivity index (χ1v) is 11.0. The number of para-hydroxylation sites is 1. The number of hydrogen-bond acceptors (Lipinski definition) is 7. The van der Waals surface area contributed by atoms with Gasteiger partial charge < -0.3 is 29.4 Å². The van der Waals surface area contributed by atoms with Gasteiger partial charge in [0.05, 0.1) is 20.8 Å². The molecule has 0 bridgehead atoms. The second-order valence-electron chi connectivity index (χ2n) is 7.81. The highest BCUT2D eigenvalue weighted by molar-refractivity contribution is 5.95. The van der Waals surface area contributed by atoms with E-state index < -0.39 is 22.9 Å². The zero-order valence-electron chi connectivity index (χ0n) is 19.6. The lowest BCUT2D eigenvalue weighted by molar-refractivity contribution is 0.0942. The molecule has 0 fully saturated rings. The Morgan fingerprint density at radius 2 is 1.86 bits per heavy atom. The number of aromatic nitrogens is 3. The molecule has 0 atom stereocenters. The number of rotatable bonds is 8. The lowest BCUT2D eigenvalue weighted by atomic mass is 10.1. The molecule has 4 aromatic rings. The number of pyridine rings is 1. The molecule has 0 saturated carbocycles. The zero-order valence-corrected chi connectivity index (χ0v) is 19.6. The van der Waals surface area contributed by atoms with Crippen LogP contribution in [0.25, 0.3) is 11.4 Å². The van der Waals surface area contributed by atoms with E-state index in [0.717, 1.165) is 5.56 Å². The molecule has 2 heterocycles. The van der Waals surface area contributed by atoms with Crippen molar-refractivity contribution >= 4 is 5.91 Å². The Morgan fingerprint density at radius 3 is 2.61 bits per heavy atom. The highest BCUT2D eigenvalue weighted by Crippen LogP contribution is 2.30. The number of hydrogen-bond donors (Lipinski definition) is 3. The van der Waals surface area contributed by atoms with E-state index in [0.29, 0.717) is 29.2 Å². The number of H-pyrrole nitrogens is 1. The van der Waals surface area contributed by atoms with Gasteiger partial charge in [-0.15, -0.1) is 0 Å². The molecule has 0 unspecified atom stereocenters. The van der Waals surface area contributed by atoms with E-state index in [-0.39, 0.29) is 17.9 Å². The van der Waals surface area contributed by atoms with Crippen molar-refractivity contribution in [2.45, 2.75) is 13.1 Å². The van der Waals surface area contributed by atoms with E-state index in [2.05, 4.69) is 15.3 Å². The molecule has 1 amide bonds. The summed E-state index contributed by atoms with van der Waals surface area (Å²) in [4.78, 5) is 44.0. The van der Waals surface area contributed by atoms with Gasteiger partial charge >= 0.3 is 0 Å². The number of ether oxygens (including phenoxy) is 2. The van der Waals surface area contributed by atoms with Crippen molar-refractivity contribution < 1.29 is 19.4 Å². The van der Waals surface area contributed by atoms with E-state index in [1.807, 2.05) is 6.07 Å². The summed E-state index contributed by atoms with van der Waals surface area (Å²) in [5.74, 6) is -0.471. The van der Waals surface area contributed by atoms with E-state index in [4.69, 9.17) is 9.47 Å². The summed E-state index contributed by atoms with van der Waals surface area (Å²) in [5.41, 5.74) is 0.517. The fourth-order valence-electron chi connectivity index (χ4n) is 3.72. The summed E-state index contributed by atoms with van der Waals surface area (Å²) in [6.07, 6.45) is 1.68. The molecule has 3 N–H and O–H groups in total. The fraction of sp³-hybridized carbons (Fsp3) is 0.154. The Labute approximate surface area is 205 Å². The highest BCUT2D eigenvalue weighted by atomic mass is 16.5. The van der Waals surface area contributed by atoms with Crippen LogP contribution in [-0.4, -0.2) is 39.8 Å². The smallest absolute Gasteiger partial charge is 0.294 e. The quantitative estimate of drug-likeness (QED) is 0.346. The van der Waals surface area contributed by atoms with Gasteiger partial charge in [0.2, 0.25) is 5.75 Å². The van der Waals surface area contributed by atoms with E-state index in [9.17, 15) is 19.5 Å². The third-order valence-corrected chi connectivity index (χ3v) is 5.49. The molecule has 2 aromatic heterocycles. The van der Waals surface area contributed by atoms with Gasteiger partial charge in [-0.1, -0.05) is 36.4 Å². The number of carbonyl (C=O) groups is 1. The Bertz CT molecular complexity index is 1530. The topological polar surface area (TPSA) is 136 Å². The van der Waals surface area contributed by atoms with Crippen LogP contribution in [0.3, 0.4) is 0 Å². The second-order valence-corrected chi connectivity index (χ2v) is 7.81. The molecule has 0 saturated heterocycles. The normalized spacial score (nSPS) is 10.6. The molecule has 10 heteroatoms. The predicted octanol–water partition coefficient (Wildman–Crippen LogP) is 2.30. The molecule has 0 aliphatic rings. The van der Waals surface area contributed by atoms with Crippen molar-refractivity contribution in [2.75, 3.05) is 14.2 Å². The number of amides is 1. The van der Waals surface area contributed by atoms with Crippen LogP contribution in [0, 0.1) is 0 Å². The molecule has 0 radical (unpaired) electrons. The highest BCUT2D eigenvalue weighted by Gasteiger charge is 2.19. The van der Waals surface area contributed by atoms with Crippen molar-refractivity contribution in [3.8, 4) is 28.6 Å². The number of nitrogens with zero attached hydrogens (tertiary/aromatic N) is 2. The fourth-order valence-corrected chi connectivity index (χ4v) is 3.72. The minimum absolute atomic E-state index is 0.0454. The Balaban J connectivity index is 1.60. The Hall–Kier alpha value is -4.86. The summed E-state index contributed by atoms with van der Waals surface area (Å²) < 4.78 is 12.2. The molecule has 36 heavy (non-hydrogen) atoms. The number of methoxy groups -OCH3 is 2. The number of aromatic hydroxyl groups is 1. The summed E-state index contributed by atoms with van der Waals surface area (Å²) >= 11 is 0. The molecule has 10 nitrogen and oxygen atoms in total. The van der Waals surface area contributed by atoms with Gasteiger partial charge in [0.15, 0.2) is 17.2 Å². The SMILES string of the molecule is COc1cccc(CNC(=O)c2nc(-c3cccc(Cn4ccccc4=O)c3)[nH]c(=O)c2O)c1OC. The van der Waals surface area contributed by atoms with Crippen molar-refractivity contribution in [2.24, 2.45) is 0 Å². The molecule has 0 aliphatic carbocycles. The van der Waals surface area contributed by atoms with Crippen LogP contribution in [0.5, 0.6) is 17.2 Å². The van der Waals surface area contributed by atoms with E-state index >= 15 is 0 Å². The van der Waals surface area contributed by atoms with Gasteiger partial charge in [-0.05, 0) is 23.8 Å². The first-order valence-electron chi connectivity index (χ1n) is 11.0. The largest absolute Gasteiger partial charge is 0.501 e. The second kappa shape index (κ2) is 10.6. The third kappa shape index (κ3) is 5.12. The van der Waals surface area contributed by atoms with Gasteiger partial charge in [-0.25, -0.2) is 4.98 Å². The molecular weight excluding hydrogens is 464 g/mol. The van der Waals surface area contributed by atoms with Crippen molar-refractivity contribution in [1.82, 2.24) is 19.9 Å². The molecule has 0 aliphatic heterocycles. The zero-order chi connectivity index (χ0) is 25.7. The summed E-state index contributed by atoms with van der Waals surface area (Å²) in [7, 11) is 2.99. The lowest BCUT2D eigenvalue weighted by Crippen LogP contribution is -2.27. The average Bonchev–Trinajstić information content (AvgIpc) is 2.89. The first-order chi connectivity index (χ1) is 17.4. The Morgan fingerprint density at radius 1 is 1.06 bits per heavy atom. The minimum Gasteiger partial charge on any atom is -0.501 e. The predicted molar refractivity (Wildman–Crippen MR) is 132 cm³/mol. The minimum atomic E-state index is -0.853. The monoisotopic (exact) mass is 488 g/mol. The molecule has 184 valence electrons. The maximum atomic E-state index is 12.9. The number of aromatic amines is 1. The summed E-state index contributed by atoms with van der Waals surface area (Å²) in [5, 5.41) is 12.9. The van der Waals surface area contributed by atoms with Crippen molar-refractivity contribution in [3.63, 3.8) is 0 Å². The van der Waals surface area contributed by atoms with E-state index in [1.54, 1.807) is 54.7 Å². The summed E-state index contributed by atoms with van der Waals surface area (Å²) in [6, 6.07) is 17.2. The third-order valence-electron chi connectivity index (χ3n) is 5.49. The van der Waals surface area contributed by atoms with Gasteiger partial charge in [-0.2, -0.15) is 0 Å². The Kier molecular flexibility index (Phi) is 7.15. The van der Waals surface area contributed by atoms with Crippen LogP contribution >= 0.6 is 0 Å². The number of carbonyl (C=O) groups excluding carboxylic acids is 1. The van der Waals surface area contributed by atoms with Crippen LogP contribution < -0.4 is 25.9 Å². The van der Waals surface area contributed by atoms with Crippen LogP contribution in [0.15, 0.2) is 76.4 Å². The standard InChI is InChI=1S/C26H24N4O6/c1-35-19-10-6-9-18(23(19)36-2)14-27-25(33)21-22(32)26(34)29-24(28-21)17-8-5-7-16(13-17)15-30-12-4-3-11-20(30)31/h3-13,32H,14-15H2,1-2H3,(H,27,33)(H,28,29,34). The number of benzene rings is 2. The molecule has 4 rings (SSSR count). The van der Waals surface area contributed by atoms with Crippen molar-refractivity contribution in [1.29, 1.82) is 0 Å². The summed E-state index contributed by atoms with van der Waals surface area (Å²) in [6.45, 7) is 0.356. The number of nitrogens with one attached hydrogen (secondary N) is 2. The molecule has 0 spiro atoms. The van der Waals surface area contributed by atoms with Crippen LogP contribution in [0.4, 0.5) is 0 Å².